The van der Waals surface area contributed by atoms with Gasteiger partial charge in [0.25, 0.3) is 5.91 Å². The number of nitrogens with zero attached hydrogens (tertiary/aromatic N) is 1. The number of nitrogens with one attached hydrogen (secondary N) is 1. The van der Waals surface area contributed by atoms with E-state index in [9.17, 15) is 9.59 Å². The monoisotopic (exact) mass is 360 g/mol. The van der Waals surface area contributed by atoms with Crippen LogP contribution in [0.1, 0.15) is 21.6 Å². The Hall–Kier alpha value is -3.47. The highest BCUT2D eigenvalue weighted by molar-refractivity contribution is 5.96. The maximum absolute atomic E-state index is 12.3. The molecule has 0 aliphatic rings. The molecule has 0 saturated heterocycles. The number of esters is 1. The highest BCUT2D eigenvalue weighted by Gasteiger charge is 2.14. The number of rotatable bonds is 5. The number of benzene rings is 2. The summed E-state index contributed by atoms with van der Waals surface area (Å²) in [6.45, 7) is 3.36. The Morgan fingerprint density at radius 1 is 0.926 bits per heavy atom. The lowest BCUT2D eigenvalue weighted by molar-refractivity contribution is -0.119. The van der Waals surface area contributed by atoms with Crippen LogP contribution in [0, 0.1) is 13.8 Å². The number of ether oxygens (including phenoxy) is 1. The van der Waals surface area contributed by atoms with E-state index in [-0.39, 0.29) is 6.61 Å². The third-order valence-electron chi connectivity index (χ3n) is 4.04. The van der Waals surface area contributed by atoms with E-state index in [1.165, 1.54) is 0 Å². The van der Waals surface area contributed by atoms with Crippen LogP contribution in [0.15, 0.2) is 66.7 Å². The predicted molar refractivity (Wildman–Crippen MR) is 105 cm³/mol. The molecule has 0 unspecified atom stereocenters. The summed E-state index contributed by atoms with van der Waals surface area (Å²) in [4.78, 5) is 28.7. The Morgan fingerprint density at radius 3 is 2.30 bits per heavy atom. The Labute approximate surface area is 158 Å². The molecule has 27 heavy (non-hydrogen) atoms. The number of amides is 1. The minimum Gasteiger partial charge on any atom is -0.452 e. The third-order valence-corrected chi connectivity index (χ3v) is 4.04. The number of anilines is 1. The lowest BCUT2D eigenvalue weighted by atomic mass is 10.1. The van der Waals surface area contributed by atoms with E-state index in [1.54, 1.807) is 31.2 Å². The lowest BCUT2D eigenvalue weighted by Gasteiger charge is -2.09. The summed E-state index contributed by atoms with van der Waals surface area (Å²) in [5.74, 6) is -0.961. The lowest BCUT2D eigenvalue weighted by Crippen LogP contribution is -2.21. The van der Waals surface area contributed by atoms with Crippen LogP contribution in [-0.2, 0) is 9.53 Å². The number of carbonyl (C=O) groups is 2. The quantitative estimate of drug-likeness (QED) is 0.694. The number of hydrogen-bond acceptors (Lipinski definition) is 4. The number of aromatic nitrogens is 1. The van der Waals surface area contributed by atoms with E-state index in [2.05, 4.69) is 10.3 Å². The molecule has 0 radical (unpaired) electrons. The van der Waals surface area contributed by atoms with Crippen molar-refractivity contribution < 1.29 is 14.3 Å². The van der Waals surface area contributed by atoms with E-state index in [4.69, 9.17) is 4.74 Å². The summed E-state index contributed by atoms with van der Waals surface area (Å²) in [6, 6.07) is 20.5. The van der Waals surface area contributed by atoms with Gasteiger partial charge in [0.05, 0.1) is 17.0 Å². The zero-order valence-corrected chi connectivity index (χ0v) is 15.2. The predicted octanol–water partition coefficient (Wildman–Crippen LogP) is 4.16. The van der Waals surface area contributed by atoms with Crippen molar-refractivity contribution in [2.75, 3.05) is 11.9 Å². The molecule has 0 fully saturated rings. The molecular weight excluding hydrogens is 340 g/mol. The molecule has 1 heterocycles. The van der Waals surface area contributed by atoms with Crippen molar-refractivity contribution in [3.05, 3.63) is 83.6 Å². The van der Waals surface area contributed by atoms with Gasteiger partial charge in [0.15, 0.2) is 6.61 Å². The molecule has 1 aromatic heterocycles. The van der Waals surface area contributed by atoms with Crippen molar-refractivity contribution in [2.24, 2.45) is 0 Å². The van der Waals surface area contributed by atoms with Gasteiger partial charge in [-0.25, -0.2) is 4.79 Å². The zero-order valence-electron chi connectivity index (χ0n) is 15.2. The van der Waals surface area contributed by atoms with E-state index in [0.717, 1.165) is 16.8 Å². The second kappa shape index (κ2) is 8.27. The number of carbonyl (C=O) groups excluding carboxylic acids is 2. The van der Waals surface area contributed by atoms with Crippen molar-refractivity contribution in [2.45, 2.75) is 13.8 Å². The molecule has 3 aromatic rings. The van der Waals surface area contributed by atoms with Gasteiger partial charge >= 0.3 is 5.97 Å². The van der Waals surface area contributed by atoms with Crippen LogP contribution in [0.5, 0.6) is 0 Å². The van der Waals surface area contributed by atoms with Crippen LogP contribution in [-0.4, -0.2) is 23.5 Å². The SMILES string of the molecule is Cc1ccc(NC(=O)COC(=O)c2ccc(-c3ccccc3)nc2C)cc1. The van der Waals surface area contributed by atoms with E-state index in [1.807, 2.05) is 49.4 Å². The molecule has 0 spiro atoms. The van der Waals surface area contributed by atoms with Gasteiger partial charge in [-0.15, -0.1) is 0 Å². The van der Waals surface area contributed by atoms with Crippen LogP contribution in [0.3, 0.4) is 0 Å². The molecule has 0 aliphatic carbocycles. The fraction of sp³-hybridized carbons (Fsp3) is 0.136. The Morgan fingerprint density at radius 2 is 1.63 bits per heavy atom. The average molecular weight is 360 g/mol. The second-order valence-electron chi connectivity index (χ2n) is 6.19. The summed E-state index contributed by atoms with van der Waals surface area (Å²) in [6.07, 6.45) is 0. The molecule has 0 bridgehead atoms. The standard InChI is InChI=1S/C22H20N2O3/c1-15-8-10-18(11-9-15)24-21(25)14-27-22(26)19-12-13-20(23-16(19)2)17-6-4-3-5-7-17/h3-13H,14H2,1-2H3,(H,24,25). The molecule has 0 atom stereocenters. The van der Waals surface area contributed by atoms with Gasteiger partial charge in [-0.1, -0.05) is 48.0 Å². The van der Waals surface area contributed by atoms with Crippen molar-refractivity contribution >= 4 is 17.6 Å². The van der Waals surface area contributed by atoms with Gasteiger partial charge in [-0.2, -0.15) is 0 Å². The van der Waals surface area contributed by atoms with Crippen molar-refractivity contribution in [3.8, 4) is 11.3 Å². The summed E-state index contributed by atoms with van der Waals surface area (Å²) >= 11 is 0. The molecule has 1 N–H and O–H groups in total. The summed E-state index contributed by atoms with van der Waals surface area (Å²) in [5.41, 5.74) is 4.41. The van der Waals surface area contributed by atoms with E-state index >= 15 is 0 Å². The van der Waals surface area contributed by atoms with Gasteiger partial charge in [0, 0.05) is 11.3 Å². The first-order valence-corrected chi connectivity index (χ1v) is 8.59. The smallest absolute Gasteiger partial charge is 0.340 e. The van der Waals surface area contributed by atoms with Gasteiger partial charge in [-0.3, -0.25) is 9.78 Å². The largest absolute Gasteiger partial charge is 0.452 e. The maximum atomic E-state index is 12.3. The highest BCUT2D eigenvalue weighted by Crippen LogP contribution is 2.19. The maximum Gasteiger partial charge on any atom is 0.340 e. The summed E-state index contributed by atoms with van der Waals surface area (Å²) < 4.78 is 5.12. The van der Waals surface area contributed by atoms with E-state index in [0.29, 0.717) is 16.9 Å². The molecule has 3 rings (SSSR count). The minimum absolute atomic E-state index is 0.345. The van der Waals surface area contributed by atoms with Gasteiger partial charge < -0.3 is 10.1 Å². The zero-order chi connectivity index (χ0) is 19.2. The first kappa shape index (κ1) is 18.3. The minimum atomic E-state index is -0.571. The van der Waals surface area contributed by atoms with Crippen LogP contribution < -0.4 is 5.32 Å². The first-order valence-electron chi connectivity index (χ1n) is 8.59. The normalized spacial score (nSPS) is 10.3. The summed E-state index contributed by atoms with van der Waals surface area (Å²) in [5, 5.41) is 2.69. The average Bonchev–Trinajstić information content (AvgIpc) is 2.68. The summed E-state index contributed by atoms with van der Waals surface area (Å²) in [7, 11) is 0. The van der Waals surface area contributed by atoms with Crippen LogP contribution in [0.2, 0.25) is 0 Å². The van der Waals surface area contributed by atoms with Crippen molar-refractivity contribution in [1.29, 1.82) is 0 Å². The van der Waals surface area contributed by atoms with E-state index < -0.39 is 11.9 Å². The molecule has 5 nitrogen and oxygen atoms in total. The van der Waals surface area contributed by atoms with Gasteiger partial charge in [0.1, 0.15) is 0 Å². The van der Waals surface area contributed by atoms with Gasteiger partial charge in [-0.05, 0) is 38.1 Å². The molecule has 0 saturated carbocycles. The van der Waals surface area contributed by atoms with Gasteiger partial charge in [0.2, 0.25) is 0 Å². The second-order valence-corrected chi connectivity index (χ2v) is 6.19. The topological polar surface area (TPSA) is 68.3 Å². The molecule has 0 aliphatic heterocycles. The first-order chi connectivity index (χ1) is 13.0. The van der Waals surface area contributed by atoms with Crippen LogP contribution >= 0.6 is 0 Å². The third kappa shape index (κ3) is 4.79. The Kier molecular flexibility index (Phi) is 5.61. The van der Waals surface area contributed by atoms with Crippen LogP contribution in [0.25, 0.3) is 11.3 Å². The fourth-order valence-electron chi connectivity index (χ4n) is 2.59. The Balaban J connectivity index is 1.60. The molecule has 1 amide bonds. The van der Waals surface area contributed by atoms with Crippen molar-refractivity contribution in [3.63, 3.8) is 0 Å². The van der Waals surface area contributed by atoms with Crippen LogP contribution in [0.4, 0.5) is 5.69 Å². The molecule has 5 heteroatoms. The van der Waals surface area contributed by atoms with Crippen molar-refractivity contribution in [1.82, 2.24) is 4.98 Å². The molecule has 136 valence electrons. The Bertz CT molecular complexity index is 951. The fourth-order valence-corrected chi connectivity index (χ4v) is 2.59. The highest BCUT2D eigenvalue weighted by atomic mass is 16.5. The number of aryl methyl sites for hydroxylation is 2. The number of hydrogen-bond donors (Lipinski definition) is 1. The molecule has 2 aromatic carbocycles. The number of pyridine rings is 1. The molecular formula is C22H20N2O3.